The molecule has 0 rings (SSSR count). The van der Waals surface area contributed by atoms with Gasteiger partial charge in [-0.2, -0.15) is 0 Å². The predicted molar refractivity (Wildman–Crippen MR) is 32.9 cm³/mol. The van der Waals surface area contributed by atoms with Crippen molar-refractivity contribution in [1.82, 2.24) is 12.3 Å². The van der Waals surface area contributed by atoms with Crippen LogP contribution in [0.4, 0.5) is 0 Å². The van der Waals surface area contributed by atoms with E-state index in [1.807, 2.05) is 0 Å². The fourth-order valence-corrected chi connectivity index (χ4v) is 0. The van der Waals surface area contributed by atoms with Crippen molar-refractivity contribution in [2.45, 2.75) is 0 Å². The second-order valence-corrected chi connectivity index (χ2v) is 2.45. The summed E-state index contributed by atoms with van der Waals surface area (Å²) < 4.78 is 68.2. The molecular weight excluding hydrogens is 311 g/mol. The van der Waals surface area contributed by atoms with E-state index in [9.17, 15) is 0 Å². The van der Waals surface area contributed by atoms with Gasteiger partial charge in [0.05, 0.1) is 0 Å². The second kappa shape index (κ2) is 10.6. The average Bonchev–Trinajstić information content (AvgIpc) is 1.12. The van der Waals surface area contributed by atoms with Crippen molar-refractivity contribution in [3.05, 3.63) is 0 Å². The van der Waals surface area contributed by atoms with Gasteiger partial charge in [0, 0.05) is 20.8 Å². The van der Waals surface area contributed by atoms with Crippen LogP contribution in [0.2, 0.25) is 0 Å². The Morgan fingerprint density at radius 1 is 0.615 bits per heavy atom. The Labute approximate surface area is 94.2 Å². The van der Waals surface area contributed by atoms with E-state index >= 15 is 0 Å². The summed E-state index contributed by atoms with van der Waals surface area (Å²) in [5.41, 5.74) is 0. The number of hydrogen-bond acceptors (Lipinski definition) is 8. The predicted octanol–water partition coefficient (Wildman–Crippen LogP) is -1.93. The van der Waals surface area contributed by atoms with Crippen molar-refractivity contribution in [3.63, 3.8) is 0 Å². The number of hydrogen-bond donors (Lipinski definition) is 2. The first-order chi connectivity index (χ1) is 4.00. The number of rotatable bonds is 0. The molecule has 0 atom stereocenters. The molecule has 0 heterocycles. The average molecular weight is 319 g/mol. The van der Waals surface area contributed by atoms with Crippen molar-refractivity contribution in [1.29, 1.82) is 0 Å². The zero-order chi connectivity index (χ0) is 9.00. The van der Waals surface area contributed by atoms with Crippen LogP contribution in [0.25, 0.3) is 0 Å². The van der Waals surface area contributed by atoms with E-state index in [-0.39, 0.29) is 38.5 Å². The molecule has 0 fully saturated rings. The molecule has 0 saturated heterocycles. The van der Waals surface area contributed by atoms with E-state index in [0.29, 0.717) is 0 Å². The molecule has 0 aliphatic rings. The van der Waals surface area contributed by atoms with Gasteiger partial charge in [0.2, 0.25) is 0 Å². The van der Waals surface area contributed by atoms with Crippen molar-refractivity contribution < 1.29 is 61.3 Å². The van der Waals surface area contributed by atoms with Crippen LogP contribution >= 0.6 is 0 Å². The van der Waals surface area contributed by atoms with Gasteiger partial charge in [-0.3, -0.25) is 16.8 Å². The van der Waals surface area contributed by atoms with Crippen LogP contribution in [0.3, 0.4) is 0 Å². The molecule has 8 N–H and O–H groups in total. The molecule has 0 aromatic carbocycles. The van der Waals surface area contributed by atoms with Gasteiger partial charge in [-0.05, 0) is 0 Å². The van der Waals surface area contributed by atoms with Crippen LogP contribution in [0.15, 0.2) is 0 Å². The number of quaternary nitrogens is 2. The molecule has 0 amide bonds. The van der Waals surface area contributed by atoms with E-state index in [4.69, 9.17) is 35.0 Å². The largest absolute Gasteiger partial charge is 2.00 e. The van der Waals surface area contributed by atoms with E-state index in [1.165, 1.54) is 0 Å². The van der Waals surface area contributed by atoms with Crippen molar-refractivity contribution in [2.75, 3.05) is 0 Å². The first kappa shape index (κ1) is 29.2. The van der Waals surface area contributed by atoms with Gasteiger partial charge in [-0.1, -0.05) is 0 Å². The van der Waals surface area contributed by atoms with Crippen LogP contribution in [0.1, 0.15) is 0 Å². The second-order valence-electron chi connectivity index (χ2n) is 0.816. The molecule has 0 aliphatic carbocycles. The maximum atomic E-state index is 8.52. The van der Waals surface area contributed by atoms with Crippen LogP contribution in [0, 0.1) is 0 Å². The monoisotopic (exact) mass is 318 g/mol. The van der Waals surface area contributed by atoms with Gasteiger partial charge in [0.25, 0.3) is 0 Å². The Morgan fingerprint density at radius 3 is 0.615 bits per heavy atom. The Bertz CT molecular complexity index is 217. The molecule has 0 saturated carbocycles. The molecule has 0 bridgehead atoms. The van der Waals surface area contributed by atoms with Gasteiger partial charge in [0.1, 0.15) is 0 Å². The molecule has 10 nitrogen and oxygen atoms in total. The first-order valence-electron chi connectivity index (χ1n) is 1.33. The van der Waals surface area contributed by atoms with Gasteiger partial charge in [0.15, 0.2) is 0 Å². The van der Waals surface area contributed by atoms with Crippen molar-refractivity contribution in [2.24, 2.45) is 0 Å². The first-order valence-corrected chi connectivity index (χ1v) is 4.00. The van der Waals surface area contributed by atoms with E-state index in [2.05, 4.69) is 0 Å². The third-order valence-electron chi connectivity index (χ3n) is 0. The zero-order valence-corrected chi connectivity index (χ0v) is 10.7. The van der Waals surface area contributed by atoms with Gasteiger partial charge >= 0.3 is 26.2 Å². The standard InChI is InChI=1S/2H3N.2H2O4S.Zr/c;;2*1-5(2,3)4;/h2*1H3;2*(H2,1,2,3,4);/q;;;;+2/p-2. The summed E-state index contributed by atoms with van der Waals surface area (Å²) in [5.74, 6) is 0. The fourth-order valence-electron chi connectivity index (χ4n) is 0. The summed E-state index contributed by atoms with van der Waals surface area (Å²) in [6, 6.07) is 0. The maximum Gasteiger partial charge on any atom is 2.00 e. The summed E-state index contributed by atoms with van der Waals surface area (Å²) in [6.45, 7) is 0. The van der Waals surface area contributed by atoms with E-state index < -0.39 is 20.8 Å². The summed E-state index contributed by atoms with van der Waals surface area (Å²) in [7, 11) is -10.3. The smallest absolute Gasteiger partial charge is 0.759 e. The molecule has 0 aromatic heterocycles. The van der Waals surface area contributed by atoms with Crippen LogP contribution in [-0.4, -0.2) is 35.0 Å². The van der Waals surface area contributed by atoms with Crippen LogP contribution < -0.4 is 12.3 Å². The minimum absolute atomic E-state index is 0. The van der Waals surface area contributed by atoms with E-state index in [1.54, 1.807) is 0 Å². The van der Waals surface area contributed by atoms with Gasteiger partial charge in [-0.25, -0.2) is 0 Å². The summed E-state index contributed by atoms with van der Waals surface area (Å²) in [6.07, 6.45) is 0. The Kier molecular flexibility index (Phi) is 23.9. The SMILES string of the molecule is O=S(=O)([O-])[O-].O=S(=O)([O-])[O-].[NH4+].[NH4+].[Zr+2]. The van der Waals surface area contributed by atoms with Crippen LogP contribution in [0.5, 0.6) is 0 Å². The zero-order valence-electron chi connectivity index (χ0n) is 6.58. The summed E-state index contributed by atoms with van der Waals surface area (Å²) in [4.78, 5) is 0. The normalized spacial score (nSPS) is 8.92. The molecular formula is H8N2O8S2Zr. The molecule has 0 spiro atoms. The fraction of sp³-hybridized carbons (Fsp3) is 0. The Hall–Kier alpha value is 0.543. The molecule has 0 aromatic rings. The molecule has 13 heavy (non-hydrogen) atoms. The molecule has 13 heteroatoms. The third kappa shape index (κ3) is 4730. The Morgan fingerprint density at radius 2 is 0.615 bits per heavy atom. The third-order valence-corrected chi connectivity index (χ3v) is 0. The Balaban J connectivity index is -0.0000000267. The van der Waals surface area contributed by atoms with Crippen LogP contribution in [-0.2, 0) is 47.0 Å². The van der Waals surface area contributed by atoms with Crippen molar-refractivity contribution >= 4 is 20.8 Å². The molecule has 0 unspecified atom stereocenters. The van der Waals surface area contributed by atoms with Gasteiger partial charge in [-0.15, -0.1) is 0 Å². The molecule has 82 valence electrons. The summed E-state index contributed by atoms with van der Waals surface area (Å²) >= 11 is 0. The van der Waals surface area contributed by atoms with E-state index in [0.717, 1.165) is 0 Å². The quantitative estimate of drug-likeness (QED) is 0.375. The minimum Gasteiger partial charge on any atom is -0.759 e. The topological polar surface area (TPSA) is 234 Å². The maximum absolute atomic E-state index is 8.52. The minimum atomic E-state index is -5.17. The summed E-state index contributed by atoms with van der Waals surface area (Å²) in [5, 5.41) is 0. The van der Waals surface area contributed by atoms with Gasteiger partial charge < -0.3 is 30.5 Å². The molecule has 0 aliphatic heterocycles. The molecule has 0 radical (unpaired) electrons. The van der Waals surface area contributed by atoms with Crippen molar-refractivity contribution in [3.8, 4) is 0 Å².